The number of ether oxygens (including phenoxy) is 2. The predicted octanol–water partition coefficient (Wildman–Crippen LogP) is 4.13. The first-order valence-electron chi connectivity index (χ1n) is 7.10. The molecule has 3 heteroatoms. The quantitative estimate of drug-likeness (QED) is 0.535. The summed E-state index contributed by atoms with van der Waals surface area (Å²) in [7, 11) is 0. The lowest BCUT2D eigenvalue weighted by Crippen LogP contribution is -2.17. The number of fused-ring (bicyclic) bond motifs is 1. The number of hydrogen-bond donors (Lipinski definition) is 0. The second kappa shape index (κ2) is 6.31. The van der Waals surface area contributed by atoms with Gasteiger partial charge in [0.2, 0.25) is 0 Å². The Hall–Kier alpha value is -2.81. The molecule has 3 aromatic carbocycles. The van der Waals surface area contributed by atoms with Gasteiger partial charge in [-0.3, -0.25) is 0 Å². The molecule has 0 amide bonds. The van der Waals surface area contributed by atoms with Gasteiger partial charge in [0.1, 0.15) is 11.5 Å². The van der Waals surface area contributed by atoms with E-state index in [0.717, 1.165) is 16.3 Å². The fourth-order valence-corrected chi connectivity index (χ4v) is 2.28. The summed E-state index contributed by atoms with van der Waals surface area (Å²) >= 11 is 0. The van der Waals surface area contributed by atoms with Crippen LogP contribution in [0.2, 0.25) is 0 Å². The van der Waals surface area contributed by atoms with Gasteiger partial charge in [-0.1, -0.05) is 48.5 Å². The lowest BCUT2D eigenvalue weighted by Gasteiger charge is -2.09. The Kier molecular flexibility index (Phi) is 4.05. The molecule has 0 N–H and O–H groups in total. The summed E-state index contributed by atoms with van der Waals surface area (Å²) in [5, 5.41) is 1.95. The lowest BCUT2D eigenvalue weighted by atomic mass is 10.1. The molecular formula is C19H16O3. The van der Waals surface area contributed by atoms with Gasteiger partial charge in [-0.2, -0.15) is 0 Å². The number of carbonyl (C=O) groups is 1. The van der Waals surface area contributed by atoms with E-state index in [0.29, 0.717) is 11.5 Å². The summed E-state index contributed by atoms with van der Waals surface area (Å²) in [5.74, 6) is 0.795. The van der Waals surface area contributed by atoms with Crippen LogP contribution in [-0.4, -0.2) is 12.6 Å². The van der Waals surface area contributed by atoms with Crippen LogP contribution in [0.25, 0.3) is 10.8 Å². The minimum absolute atomic E-state index is 0.118. The summed E-state index contributed by atoms with van der Waals surface area (Å²) < 4.78 is 10.9. The van der Waals surface area contributed by atoms with Crippen LogP contribution in [0.3, 0.4) is 0 Å². The molecule has 22 heavy (non-hydrogen) atoms. The molecule has 0 fully saturated rings. The van der Waals surface area contributed by atoms with Crippen LogP contribution in [0, 0.1) is 6.92 Å². The Morgan fingerprint density at radius 3 is 2.59 bits per heavy atom. The van der Waals surface area contributed by atoms with Crippen molar-refractivity contribution in [2.75, 3.05) is 6.61 Å². The maximum absolute atomic E-state index is 12.0. The summed E-state index contributed by atoms with van der Waals surface area (Å²) in [6.45, 7) is 1.86. The summed E-state index contributed by atoms with van der Waals surface area (Å²) in [5.41, 5.74) is 1.08. The maximum atomic E-state index is 12.0. The number of benzene rings is 3. The van der Waals surface area contributed by atoms with E-state index in [9.17, 15) is 4.79 Å². The molecule has 0 aromatic heterocycles. The zero-order chi connectivity index (χ0) is 15.4. The summed E-state index contributed by atoms with van der Waals surface area (Å²) in [6, 6.07) is 21.0. The molecule has 0 aliphatic rings. The molecule has 0 bridgehead atoms. The topological polar surface area (TPSA) is 35.5 Å². The first kappa shape index (κ1) is 14.1. The van der Waals surface area contributed by atoms with Crippen LogP contribution in [0.1, 0.15) is 5.56 Å². The van der Waals surface area contributed by atoms with Gasteiger partial charge in [-0.25, -0.2) is 4.79 Å². The summed E-state index contributed by atoms with van der Waals surface area (Å²) in [4.78, 5) is 12.0. The van der Waals surface area contributed by atoms with E-state index in [1.807, 2.05) is 67.6 Å². The van der Waals surface area contributed by atoms with Crippen LogP contribution in [0.5, 0.6) is 11.5 Å². The number of hydrogen-bond acceptors (Lipinski definition) is 3. The van der Waals surface area contributed by atoms with Gasteiger partial charge in [0.05, 0.1) is 0 Å². The first-order valence-corrected chi connectivity index (χ1v) is 7.10. The smallest absolute Gasteiger partial charge is 0.349 e. The van der Waals surface area contributed by atoms with E-state index in [4.69, 9.17) is 9.47 Å². The highest BCUT2D eigenvalue weighted by Crippen LogP contribution is 2.25. The van der Waals surface area contributed by atoms with Crippen LogP contribution in [0.15, 0.2) is 66.7 Å². The van der Waals surface area contributed by atoms with Gasteiger partial charge >= 0.3 is 5.97 Å². The average molecular weight is 292 g/mol. The minimum atomic E-state index is -0.419. The van der Waals surface area contributed by atoms with Crippen LogP contribution >= 0.6 is 0 Å². The SMILES string of the molecule is Cc1cccc(OCC(=O)Oc2cccc3ccccc23)c1. The molecule has 0 unspecified atom stereocenters. The summed E-state index contributed by atoms with van der Waals surface area (Å²) in [6.07, 6.45) is 0. The van der Waals surface area contributed by atoms with Gasteiger partial charge in [-0.05, 0) is 36.1 Å². The highest BCUT2D eigenvalue weighted by Gasteiger charge is 2.09. The van der Waals surface area contributed by atoms with Crippen LogP contribution in [-0.2, 0) is 4.79 Å². The third-order valence-corrected chi connectivity index (χ3v) is 3.32. The van der Waals surface area contributed by atoms with Crippen molar-refractivity contribution in [2.45, 2.75) is 6.92 Å². The van der Waals surface area contributed by atoms with Crippen molar-refractivity contribution < 1.29 is 14.3 Å². The Morgan fingerprint density at radius 2 is 1.73 bits per heavy atom. The largest absolute Gasteiger partial charge is 0.482 e. The Balaban J connectivity index is 1.68. The molecule has 0 saturated carbocycles. The standard InChI is InChI=1S/C19H16O3/c1-14-6-4-9-16(12-14)21-13-19(20)22-18-11-5-8-15-7-2-3-10-17(15)18/h2-12H,13H2,1H3. The van der Waals surface area contributed by atoms with E-state index in [1.165, 1.54) is 0 Å². The Morgan fingerprint density at radius 1 is 0.955 bits per heavy atom. The predicted molar refractivity (Wildman–Crippen MR) is 86.3 cm³/mol. The van der Waals surface area contributed by atoms with Crippen molar-refractivity contribution >= 4 is 16.7 Å². The normalized spacial score (nSPS) is 10.4. The number of esters is 1. The number of rotatable bonds is 4. The maximum Gasteiger partial charge on any atom is 0.349 e. The van der Waals surface area contributed by atoms with Gasteiger partial charge in [0.25, 0.3) is 0 Å². The van der Waals surface area contributed by atoms with E-state index < -0.39 is 5.97 Å². The van der Waals surface area contributed by atoms with Gasteiger partial charge in [0.15, 0.2) is 6.61 Å². The second-order valence-electron chi connectivity index (χ2n) is 5.06. The first-order chi connectivity index (χ1) is 10.7. The van der Waals surface area contributed by atoms with Gasteiger partial charge in [0, 0.05) is 5.39 Å². The van der Waals surface area contributed by atoms with Crippen molar-refractivity contribution in [3.05, 3.63) is 72.3 Å². The fourth-order valence-electron chi connectivity index (χ4n) is 2.28. The second-order valence-corrected chi connectivity index (χ2v) is 5.06. The molecule has 0 spiro atoms. The molecule has 0 aliphatic heterocycles. The van der Waals surface area contributed by atoms with Crippen molar-refractivity contribution in [1.82, 2.24) is 0 Å². The molecule has 3 aromatic rings. The highest BCUT2D eigenvalue weighted by molar-refractivity contribution is 5.90. The van der Waals surface area contributed by atoms with E-state index in [-0.39, 0.29) is 6.61 Å². The molecule has 0 atom stereocenters. The fraction of sp³-hybridized carbons (Fsp3) is 0.105. The highest BCUT2D eigenvalue weighted by atomic mass is 16.6. The van der Waals surface area contributed by atoms with Crippen molar-refractivity contribution in [3.8, 4) is 11.5 Å². The van der Waals surface area contributed by atoms with E-state index >= 15 is 0 Å². The van der Waals surface area contributed by atoms with Crippen LogP contribution < -0.4 is 9.47 Å². The van der Waals surface area contributed by atoms with Crippen LogP contribution in [0.4, 0.5) is 0 Å². The Labute approximate surface area is 129 Å². The van der Waals surface area contributed by atoms with Crippen molar-refractivity contribution in [1.29, 1.82) is 0 Å². The lowest BCUT2D eigenvalue weighted by molar-refractivity contribution is -0.136. The third kappa shape index (κ3) is 3.26. The molecule has 0 heterocycles. The van der Waals surface area contributed by atoms with E-state index in [2.05, 4.69) is 0 Å². The molecule has 110 valence electrons. The molecule has 3 rings (SSSR count). The number of aryl methyl sites for hydroxylation is 1. The minimum Gasteiger partial charge on any atom is -0.482 e. The third-order valence-electron chi connectivity index (χ3n) is 3.32. The van der Waals surface area contributed by atoms with Crippen molar-refractivity contribution in [3.63, 3.8) is 0 Å². The van der Waals surface area contributed by atoms with Gasteiger partial charge < -0.3 is 9.47 Å². The van der Waals surface area contributed by atoms with E-state index in [1.54, 1.807) is 6.07 Å². The zero-order valence-electron chi connectivity index (χ0n) is 12.3. The van der Waals surface area contributed by atoms with Crippen molar-refractivity contribution in [2.24, 2.45) is 0 Å². The average Bonchev–Trinajstić information content (AvgIpc) is 2.53. The monoisotopic (exact) mass is 292 g/mol. The molecular weight excluding hydrogens is 276 g/mol. The molecule has 0 aliphatic carbocycles. The molecule has 3 nitrogen and oxygen atoms in total. The number of carbonyl (C=O) groups excluding carboxylic acids is 1. The van der Waals surface area contributed by atoms with Gasteiger partial charge in [-0.15, -0.1) is 0 Å². The molecule has 0 radical (unpaired) electrons. The zero-order valence-corrected chi connectivity index (χ0v) is 12.3. The molecule has 0 saturated heterocycles. The Bertz CT molecular complexity index is 803.